The Bertz CT molecular complexity index is 1200. The van der Waals surface area contributed by atoms with Gasteiger partial charge in [0, 0.05) is 5.56 Å². The van der Waals surface area contributed by atoms with Crippen molar-refractivity contribution in [1.82, 2.24) is 9.78 Å². The third kappa shape index (κ3) is 6.53. The van der Waals surface area contributed by atoms with E-state index in [4.69, 9.17) is 10.2 Å². The molecule has 1 heterocycles. The Hall–Kier alpha value is -3.44. The Morgan fingerprint density at radius 3 is 2.12 bits per heavy atom. The molecule has 32 heavy (non-hydrogen) atoms. The van der Waals surface area contributed by atoms with Crippen molar-refractivity contribution in [3.63, 3.8) is 0 Å². The van der Waals surface area contributed by atoms with Crippen LogP contribution in [-0.4, -0.2) is 29.3 Å². The van der Waals surface area contributed by atoms with Crippen LogP contribution in [0.1, 0.15) is 17.7 Å². The van der Waals surface area contributed by atoms with E-state index in [1.165, 1.54) is 30.3 Å². The van der Waals surface area contributed by atoms with Crippen LogP contribution in [-0.2, 0) is 21.0 Å². The molecule has 170 valence electrons. The Labute approximate surface area is 182 Å². The van der Waals surface area contributed by atoms with Crippen LogP contribution < -0.4 is 5.14 Å². The Kier molecular flexibility index (Phi) is 7.60. The van der Waals surface area contributed by atoms with Gasteiger partial charge in [0.1, 0.15) is 0 Å². The van der Waals surface area contributed by atoms with Crippen molar-refractivity contribution in [2.45, 2.75) is 24.4 Å². The van der Waals surface area contributed by atoms with Gasteiger partial charge in [-0.05, 0) is 37.3 Å². The van der Waals surface area contributed by atoms with Gasteiger partial charge in [-0.1, -0.05) is 35.9 Å². The normalized spacial score (nSPS) is 11.4. The lowest BCUT2D eigenvalue weighted by molar-refractivity contribution is -0.141. The second-order valence-corrected chi connectivity index (χ2v) is 8.18. The van der Waals surface area contributed by atoms with Gasteiger partial charge in [-0.2, -0.15) is 18.3 Å². The number of carboxylic acid groups (broad SMARTS) is 1. The number of carbonyl (C=O) groups is 1. The average molecular weight is 467 g/mol. The number of aliphatic carboxylic acids is 1. The number of aryl methyl sites for hydroxylation is 1. The van der Waals surface area contributed by atoms with E-state index in [1.54, 1.807) is 24.3 Å². The first-order valence-corrected chi connectivity index (χ1v) is 10.6. The third-order valence-corrected chi connectivity index (χ3v) is 5.01. The lowest BCUT2D eigenvalue weighted by Gasteiger charge is -2.09. The van der Waals surface area contributed by atoms with Crippen molar-refractivity contribution in [2.75, 3.05) is 0 Å². The SMILES string of the molecule is C=CCC(=O)O.Cc1ccc(-c2cc(C(F)(F)F)nn2-c2ccc(S(N)(=O)=O)cc2)cc1. The highest BCUT2D eigenvalue weighted by molar-refractivity contribution is 7.89. The highest BCUT2D eigenvalue weighted by Crippen LogP contribution is 2.33. The summed E-state index contributed by atoms with van der Waals surface area (Å²) in [5.74, 6) is -0.829. The van der Waals surface area contributed by atoms with Gasteiger partial charge in [0.25, 0.3) is 0 Å². The minimum Gasteiger partial charge on any atom is -0.481 e. The molecule has 3 rings (SSSR count). The fraction of sp³-hybridized carbons (Fsp3) is 0.143. The zero-order valence-electron chi connectivity index (χ0n) is 16.9. The average Bonchev–Trinajstić information content (AvgIpc) is 3.14. The predicted octanol–water partition coefficient (Wildman–Crippen LogP) is 4.16. The van der Waals surface area contributed by atoms with Crippen LogP contribution in [0.4, 0.5) is 13.2 Å². The fourth-order valence-corrected chi connectivity index (χ4v) is 3.06. The first-order valence-electron chi connectivity index (χ1n) is 9.03. The molecule has 2 aromatic carbocycles. The van der Waals surface area contributed by atoms with E-state index >= 15 is 0 Å². The zero-order chi connectivity index (χ0) is 24.1. The number of primary sulfonamides is 1. The number of nitrogens with two attached hydrogens (primary N) is 1. The van der Waals surface area contributed by atoms with Gasteiger partial charge in [0.2, 0.25) is 10.0 Å². The molecule has 3 aromatic rings. The van der Waals surface area contributed by atoms with E-state index in [0.29, 0.717) is 5.56 Å². The second-order valence-electron chi connectivity index (χ2n) is 6.62. The smallest absolute Gasteiger partial charge is 0.435 e. The Balaban J connectivity index is 0.000000534. The number of hydrogen-bond acceptors (Lipinski definition) is 4. The molecular weight excluding hydrogens is 447 g/mol. The Morgan fingerprint density at radius 1 is 1.16 bits per heavy atom. The number of rotatable bonds is 5. The summed E-state index contributed by atoms with van der Waals surface area (Å²) in [7, 11) is -3.90. The number of sulfonamides is 1. The monoisotopic (exact) mass is 467 g/mol. The van der Waals surface area contributed by atoms with Gasteiger partial charge in [0.15, 0.2) is 5.69 Å². The summed E-state index contributed by atoms with van der Waals surface area (Å²) >= 11 is 0. The molecule has 0 saturated carbocycles. The largest absolute Gasteiger partial charge is 0.481 e. The molecular formula is C21H20F3N3O4S. The molecule has 1 aromatic heterocycles. The van der Waals surface area contributed by atoms with Crippen LogP contribution in [0, 0.1) is 6.92 Å². The van der Waals surface area contributed by atoms with Gasteiger partial charge in [-0.25, -0.2) is 18.2 Å². The van der Waals surface area contributed by atoms with Crippen molar-refractivity contribution in [3.05, 3.63) is 78.5 Å². The van der Waals surface area contributed by atoms with Crippen LogP contribution in [0.25, 0.3) is 16.9 Å². The summed E-state index contributed by atoms with van der Waals surface area (Å²) in [6.45, 7) is 5.09. The standard InChI is InChI=1S/C17H14F3N3O2S.C4H6O2/c1-11-2-4-12(5-3-11)15-10-16(17(18,19)20)22-23(15)13-6-8-14(9-7-13)26(21,24)25;1-2-3-4(5)6/h2-10H,1H3,(H2,21,24,25);2H,1,3H2,(H,5,6). The van der Waals surface area contributed by atoms with Crippen LogP contribution >= 0.6 is 0 Å². The molecule has 0 amide bonds. The van der Waals surface area contributed by atoms with E-state index in [-0.39, 0.29) is 22.7 Å². The van der Waals surface area contributed by atoms with Crippen molar-refractivity contribution >= 4 is 16.0 Å². The summed E-state index contributed by atoms with van der Waals surface area (Å²) in [5.41, 5.74) is 0.996. The molecule has 0 aliphatic carbocycles. The number of aromatic nitrogens is 2. The summed E-state index contributed by atoms with van der Waals surface area (Å²) in [4.78, 5) is 9.39. The van der Waals surface area contributed by atoms with Crippen LogP contribution in [0.15, 0.2) is 72.1 Å². The minimum atomic E-state index is -4.61. The number of benzene rings is 2. The highest BCUT2D eigenvalue weighted by atomic mass is 32.2. The van der Waals surface area contributed by atoms with Crippen molar-refractivity contribution in [1.29, 1.82) is 0 Å². The second kappa shape index (κ2) is 9.79. The lowest BCUT2D eigenvalue weighted by atomic mass is 10.1. The molecule has 0 aliphatic rings. The van der Waals surface area contributed by atoms with E-state index < -0.39 is 27.9 Å². The molecule has 0 aliphatic heterocycles. The van der Waals surface area contributed by atoms with E-state index in [0.717, 1.165) is 16.3 Å². The van der Waals surface area contributed by atoms with Crippen molar-refractivity contribution in [3.8, 4) is 16.9 Å². The van der Waals surface area contributed by atoms with Crippen LogP contribution in [0.3, 0.4) is 0 Å². The van der Waals surface area contributed by atoms with Gasteiger partial charge in [-0.3, -0.25) is 4.79 Å². The van der Waals surface area contributed by atoms with Gasteiger partial charge < -0.3 is 5.11 Å². The van der Waals surface area contributed by atoms with E-state index in [2.05, 4.69) is 11.7 Å². The van der Waals surface area contributed by atoms with Crippen LogP contribution in [0.2, 0.25) is 0 Å². The van der Waals surface area contributed by atoms with Gasteiger partial charge >= 0.3 is 12.1 Å². The highest BCUT2D eigenvalue weighted by Gasteiger charge is 2.35. The number of alkyl halides is 3. The first-order chi connectivity index (χ1) is 14.8. The molecule has 0 radical (unpaired) electrons. The van der Waals surface area contributed by atoms with E-state index in [9.17, 15) is 26.4 Å². The molecule has 3 N–H and O–H groups in total. The fourth-order valence-electron chi connectivity index (χ4n) is 2.55. The zero-order valence-corrected chi connectivity index (χ0v) is 17.7. The maximum absolute atomic E-state index is 13.1. The molecule has 7 nitrogen and oxygen atoms in total. The molecule has 0 spiro atoms. The summed E-state index contributed by atoms with van der Waals surface area (Å²) in [5, 5.41) is 16.5. The number of hydrogen-bond donors (Lipinski definition) is 2. The van der Waals surface area contributed by atoms with E-state index in [1.807, 2.05) is 6.92 Å². The third-order valence-electron chi connectivity index (χ3n) is 4.08. The number of nitrogens with zero attached hydrogens (tertiary/aromatic N) is 2. The molecule has 0 saturated heterocycles. The Morgan fingerprint density at radius 2 is 1.72 bits per heavy atom. The van der Waals surface area contributed by atoms with Gasteiger partial charge in [0.05, 0.1) is 22.7 Å². The van der Waals surface area contributed by atoms with Crippen molar-refractivity contribution in [2.24, 2.45) is 5.14 Å². The lowest BCUT2D eigenvalue weighted by Crippen LogP contribution is -2.12. The quantitative estimate of drug-likeness (QED) is 0.547. The summed E-state index contributed by atoms with van der Waals surface area (Å²) in [6.07, 6.45) is -3.20. The van der Waals surface area contributed by atoms with Crippen LogP contribution in [0.5, 0.6) is 0 Å². The molecule has 0 bridgehead atoms. The minimum absolute atomic E-state index is 0.0556. The summed E-state index contributed by atoms with van der Waals surface area (Å²) in [6, 6.07) is 13.1. The molecule has 11 heteroatoms. The van der Waals surface area contributed by atoms with Crippen molar-refractivity contribution < 1.29 is 31.5 Å². The molecule has 0 fully saturated rings. The predicted molar refractivity (Wildman–Crippen MR) is 113 cm³/mol. The van der Waals surface area contributed by atoms with Gasteiger partial charge in [-0.15, -0.1) is 6.58 Å². The maximum atomic E-state index is 13.1. The number of carboxylic acids is 1. The molecule has 0 atom stereocenters. The maximum Gasteiger partial charge on any atom is 0.435 e. The first kappa shape index (κ1) is 24.8. The topological polar surface area (TPSA) is 115 Å². The summed E-state index contributed by atoms with van der Waals surface area (Å²) < 4.78 is 63.2. The molecule has 0 unspecified atom stereocenters. The number of halogens is 3.